The molecular formula is C15H13N3O2. The van der Waals surface area contributed by atoms with Crippen molar-refractivity contribution in [1.29, 1.82) is 0 Å². The number of carbonyl (C=O) groups is 1. The smallest absolute Gasteiger partial charge is 0.305 e. The molecule has 3 rings (SSSR count). The summed E-state index contributed by atoms with van der Waals surface area (Å²) in [4.78, 5) is 11.2. The summed E-state index contributed by atoms with van der Waals surface area (Å²) in [5.41, 5.74) is 2.51. The molecule has 100 valence electrons. The number of carboxylic acids is 1. The largest absolute Gasteiger partial charge is 0.481 e. The lowest BCUT2D eigenvalue weighted by Gasteiger charge is -2.16. The minimum Gasteiger partial charge on any atom is -0.481 e. The molecule has 0 bridgehead atoms. The van der Waals surface area contributed by atoms with Crippen molar-refractivity contribution in [3.05, 3.63) is 60.2 Å². The quantitative estimate of drug-likeness (QED) is 0.788. The van der Waals surface area contributed by atoms with Gasteiger partial charge in [-0.25, -0.2) is 4.68 Å². The number of aliphatic carboxylic acids is 1. The van der Waals surface area contributed by atoms with Crippen molar-refractivity contribution >= 4 is 17.0 Å². The molecule has 1 aromatic heterocycles. The summed E-state index contributed by atoms with van der Waals surface area (Å²) in [7, 11) is 0. The van der Waals surface area contributed by atoms with Crippen molar-refractivity contribution < 1.29 is 9.90 Å². The lowest BCUT2D eigenvalue weighted by atomic mass is 10.0. The Morgan fingerprint density at radius 1 is 1.10 bits per heavy atom. The lowest BCUT2D eigenvalue weighted by molar-refractivity contribution is -0.137. The van der Waals surface area contributed by atoms with Crippen LogP contribution in [0.4, 0.5) is 0 Å². The summed E-state index contributed by atoms with van der Waals surface area (Å²) in [5.74, 6) is -0.863. The van der Waals surface area contributed by atoms with Gasteiger partial charge in [0.1, 0.15) is 5.52 Å². The van der Waals surface area contributed by atoms with Crippen LogP contribution < -0.4 is 0 Å². The molecule has 0 spiro atoms. The summed E-state index contributed by atoms with van der Waals surface area (Å²) < 4.78 is 1.68. The van der Waals surface area contributed by atoms with Crippen molar-refractivity contribution in [2.75, 3.05) is 0 Å². The minimum atomic E-state index is -0.863. The Bertz CT molecular complexity index is 737. The fourth-order valence-electron chi connectivity index (χ4n) is 2.30. The normalized spacial score (nSPS) is 12.4. The maximum absolute atomic E-state index is 11.2. The zero-order valence-electron chi connectivity index (χ0n) is 10.7. The highest BCUT2D eigenvalue weighted by molar-refractivity contribution is 5.75. The summed E-state index contributed by atoms with van der Waals surface area (Å²) >= 11 is 0. The van der Waals surface area contributed by atoms with Gasteiger partial charge in [-0.2, -0.15) is 0 Å². The van der Waals surface area contributed by atoms with Crippen LogP contribution in [0.25, 0.3) is 11.0 Å². The first-order chi connectivity index (χ1) is 9.75. The first-order valence-corrected chi connectivity index (χ1v) is 6.32. The van der Waals surface area contributed by atoms with Crippen molar-refractivity contribution in [3.63, 3.8) is 0 Å². The van der Waals surface area contributed by atoms with Crippen molar-refractivity contribution in [1.82, 2.24) is 15.0 Å². The third-order valence-electron chi connectivity index (χ3n) is 3.22. The van der Waals surface area contributed by atoms with Gasteiger partial charge in [0, 0.05) is 0 Å². The number of benzene rings is 2. The van der Waals surface area contributed by atoms with Crippen LogP contribution in [0, 0.1) is 0 Å². The van der Waals surface area contributed by atoms with Gasteiger partial charge in [-0.15, -0.1) is 5.10 Å². The number of para-hydroxylation sites is 1. The van der Waals surface area contributed by atoms with Crippen molar-refractivity contribution in [2.24, 2.45) is 0 Å². The number of fused-ring (bicyclic) bond motifs is 1. The van der Waals surface area contributed by atoms with Gasteiger partial charge in [-0.1, -0.05) is 47.7 Å². The Balaban J connectivity index is 2.12. The van der Waals surface area contributed by atoms with Crippen LogP contribution >= 0.6 is 0 Å². The standard InChI is InChI=1S/C15H13N3O2/c19-15(20)10-14(11-6-2-1-3-7-11)18-13-9-5-4-8-12(13)16-17-18/h1-9,14H,10H2,(H,19,20). The van der Waals surface area contributed by atoms with Gasteiger partial charge in [0.05, 0.1) is 18.0 Å². The molecule has 20 heavy (non-hydrogen) atoms. The number of aromatic nitrogens is 3. The van der Waals surface area contributed by atoms with E-state index in [1.165, 1.54) is 0 Å². The number of hydrogen-bond acceptors (Lipinski definition) is 3. The molecule has 5 heteroatoms. The molecule has 0 aliphatic heterocycles. The van der Waals surface area contributed by atoms with E-state index in [0.717, 1.165) is 16.6 Å². The molecule has 0 saturated heterocycles. The van der Waals surface area contributed by atoms with Gasteiger partial charge < -0.3 is 5.11 Å². The van der Waals surface area contributed by atoms with Crippen LogP contribution in [-0.4, -0.2) is 26.1 Å². The molecule has 0 saturated carbocycles. The molecule has 2 aromatic carbocycles. The highest BCUT2D eigenvalue weighted by Gasteiger charge is 2.20. The second kappa shape index (κ2) is 5.13. The molecule has 0 fully saturated rings. The molecule has 1 heterocycles. The Morgan fingerprint density at radius 3 is 2.55 bits per heavy atom. The SMILES string of the molecule is O=C(O)CC(c1ccccc1)n1nnc2ccccc21. The zero-order valence-corrected chi connectivity index (χ0v) is 10.7. The van der Waals surface area contributed by atoms with E-state index in [1.54, 1.807) is 4.68 Å². The summed E-state index contributed by atoms with van der Waals surface area (Å²) in [5, 5.41) is 17.4. The third-order valence-corrected chi connectivity index (χ3v) is 3.22. The molecule has 0 aliphatic carbocycles. The molecule has 1 N–H and O–H groups in total. The van der Waals surface area contributed by atoms with E-state index in [4.69, 9.17) is 5.11 Å². The molecular weight excluding hydrogens is 254 g/mol. The van der Waals surface area contributed by atoms with E-state index in [-0.39, 0.29) is 12.5 Å². The molecule has 1 atom stereocenters. The van der Waals surface area contributed by atoms with Gasteiger partial charge in [0.15, 0.2) is 0 Å². The predicted molar refractivity (Wildman–Crippen MR) is 74.4 cm³/mol. The van der Waals surface area contributed by atoms with Crippen LogP contribution in [0.5, 0.6) is 0 Å². The fraction of sp³-hybridized carbons (Fsp3) is 0.133. The Labute approximate surface area is 115 Å². The van der Waals surface area contributed by atoms with Gasteiger partial charge in [0.25, 0.3) is 0 Å². The lowest BCUT2D eigenvalue weighted by Crippen LogP contribution is -2.16. The van der Waals surface area contributed by atoms with Crippen LogP contribution in [0.15, 0.2) is 54.6 Å². The monoisotopic (exact) mass is 267 g/mol. The minimum absolute atomic E-state index is 0.0304. The number of rotatable bonds is 4. The molecule has 0 aliphatic rings. The fourth-order valence-corrected chi connectivity index (χ4v) is 2.30. The summed E-state index contributed by atoms with van der Waals surface area (Å²) in [6.07, 6.45) is -0.0304. The van der Waals surface area contributed by atoms with Crippen LogP contribution in [0.3, 0.4) is 0 Å². The average Bonchev–Trinajstić information content (AvgIpc) is 2.89. The molecule has 3 aromatic rings. The second-order valence-corrected chi connectivity index (χ2v) is 4.55. The maximum atomic E-state index is 11.2. The highest BCUT2D eigenvalue weighted by atomic mass is 16.4. The first-order valence-electron chi connectivity index (χ1n) is 6.32. The zero-order chi connectivity index (χ0) is 13.9. The van der Waals surface area contributed by atoms with Crippen molar-refractivity contribution in [3.8, 4) is 0 Å². The van der Waals surface area contributed by atoms with E-state index in [0.29, 0.717) is 0 Å². The second-order valence-electron chi connectivity index (χ2n) is 4.55. The Morgan fingerprint density at radius 2 is 1.80 bits per heavy atom. The Hall–Kier alpha value is -2.69. The molecule has 0 amide bonds. The highest BCUT2D eigenvalue weighted by Crippen LogP contribution is 2.24. The first kappa shape index (κ1) is 12.3. The van der Waals surface area contributed by atoms with E-state index in [9.17, 15) is 4.79 Å². The topological polar surface area (TPSA) is 68.0 Å². The molecule has 5 nitrogen and oxygen atoms in total. The third kappa shape index (κ3) is 2.25. The van der Waals surface area contributed by atoms with E-state index < -0.39 is 5.97 Å². The van der Waals surface area contributed by atoms with E-state index in [2.05, 4.69) is 10.3 Å². The molecule has 1 unspecified atom stereocenters. The van der Waals surface area contributed by atoms with Crippen LogP contribution in [-0.2, 0) is 4.79 Å². The maximum Gasteiger partial charge on any atom is 0.305 e. The van der Waals surface area contributed by atoms with Gasteiger partial charge >= 0.3 is 5.97 Å². The number of hydrogen-bond donors (Lipinski definition) is 1. The summed E-state index contributed by atoms with van der Waals surface area (Å²) in [6.45, 7) is 0. The average molecular weight is 267 g/mol. The van der Waals surface area contributed by atoms with E-state index in [1.807, 2.05) is 54.6 Å². The Kier molecular flexibility index (Phi) is 3.16. The number of carboxylic acid groups (broad SMARTS) is 1. The number of nitrogens with zero attached hydrogens (tertiary/aromatic N) is 3. The van der Waals surface area contributed by atoms with Crippen LogP contribution in [0.1, 0.15) is 18.0 Å². The van der Waals surface area contributed by atoms with E-state index >= 15 is 0 Å². The van der Waals surface area contributed by atoms with Crippen molar-refractivity contribution in [2.45, 2.75) is 12.5 Å². The predicted octanol–water partition coefficient (Wildman–Crippen LogP) is 2.50. The van der Waals surface area contributed by atoms with Gasteiger partial charge in [-0.05, 0) is 17.7 Å². The van der Waals surface area contributed by atoms with Crippen LogP contribution in [0.2, 0.25) is 0 Å². The van der Waals surface area contributed by atoms with Gasteiger partial charge in [0.2, 0.25) is 0 Å². The van der Waals surface area contributed by atoms with Gasteiger partial charge in [-0.3, -0.25) is 4.79 Å². The molecule has 0 radical (unpaired) electrons. The summed E-state index contributed by atoms with van der Waals surface area (Å²) in [6, 6.07) is 16.7.